The second kappa shape index (κ2) is 5.48. The summed E-state index contributed by atoms with van der Waals surface area (Å²) in [7, 11) is 0. The summed E-state index contributed by atoms with van der Waals surface area (Å²) in [4.78, 5) is 22.8. The van der Waals surface area contributed by atoms with Gasteiger partial charge in [0.2, 0.25) is 0 Å². The molecule has 0 bridgehead atoms. The maximum Gasteiger partial charge on any atom is 0.308 e. The molecular weight excluding hydrogens is 280 g/mol. The van der Waals surface area contributed by atoms with Crippen molar-refractivity contribution in [3.63, 3.8) is 0 Å². The predicted molar refractivity (Wildman–Crippen MR) is 84.1 cm³/mol. The Morgan fingerprint density at radius 1 is 0.818 bits per heavy atom. The first-order valence-corrected chi connectivity index (χ1v) is 6.87. The number of rotatable bonds is 2. The third-order valence-electron chi connectivity index (χ3n) is 3.30. The van der Waals surface area contributed by atoms with Crippen LogP contribution in [0.2, 0.25) is 0 Å². The molecule has 0 aliphatic heterocycles. The summed E-state index contributed by atoms with van der Waals surface area (Å²) in [5, 5.41) is 3.20. The molecule has 0 aliphatic rings. The lowest BCUT2D eigenvalue weighted by Crippen LogP contribution is -2.05. The minimum atomic E-state index is -0.422. The molecule has 0 aromatic heterocycles. The third-order valence-corrected chi connectivity index (χ3v) is 3.30. The van der Waals surface area contributed by atoms with Gasteiger partial charge in [-0.15, -0.1) is 0 Å². The third kappa shape index (κ3) is 2.51. The van der Waals surface area contributed by atoms with Crippen LogP contribution in [0.15, 0.2) is 48.5 Å². The van der Waals surface area contributed by atoms with Crippen LogP contribution in [-0.4, -0.2) is 11.9 Å². The molecule has 0 fully saturated rings. The maximum absolute atomic E-state index is 11.5. The summed E-state index contributed by atoms with van der Waals surface area (Å²) in [6, 6.07) is 15.0. The summed E-state index contributed by atoms with van der Waals surface area (Å²) in [5.41, 5.74) is 0. The van der Waals surface area contributed by atoms with E-state index in [0.717, 1.165) is 16.2 Å². The Labute approximate surface area is 127 Å². The molecule has 0 N–H and O–H groups in total. The van der Waals surface area contributed by atoms with E-state index in [4.69, 9.17) is 9.47 Å². The van der Waals surface area contributed by atoms with Gasteiger partial charge in [0, 0.05) is 19.2 Å². The molecule has 22 heavy (non-hydrogen) atoms. The van der Waals surface area contributed by atoms with Crippen molar-refractivity contribution < 1.29 is 19.1 Å². The van der Waals surface area contributed by atoms with E-state index in [1.54, 1.807) is 12.1 Å². The normalized spacial score (nSPS) is 10.6. The molecular formula is C18H14O4. The van der Waals surface area contributed by atoms with E-state index in [2.05, 4.69) is 0 Å². The number of esters is 2. The van der Waals surface area contributed by atoms with Crippen molar-refractivity contribution in [3.05, 3.63) is 48.5 Å². The molecule has 0 aliphatic carbocycles. The summed E-state index contributed by atoms with van der Waals surface area (Å²) < 4.78 is 10.7. The number of carbonyl (C=O) groups is 2. The second-order valence-electron chi connectivity index (χ2n) is 4.97. The molecule has 0 heterocycles. The largest absolute Gasteiger partial charge is 0.426 e. The zero-order chi connectivity index (χ0) is 15.7. The van der Waals surface area contributed by atoms with Crippen molar-refractivity contribution in [2.75, 3.05) is 0 Å². The van der Waals surface area contributed by atoms with Crippen molar-refractivity contribution in [1.29, 1.82) is 0 Å². The molecule has 0 amide bonds. The highest BCUT2D eigenvalue weighted by Gasteiger charge is 2.15. The SMILES string of the molecule is CC(=O)Oc1cccc2cc3ccccc3c(OC(C)=O)c12. The Kier molecular flexibility index (Phi) is 3.51. The van der Waals surface area contributed by atoms with Gasteiger partial charge >= 0.3 is 11.9 Å². The Morgan fingerprint density at radius 2 is 1.50 bits per heavy atom. The van der Waals surface area contributed by atoms with Crippen molar-refractivity contribution >= 4 is 33.5 Å². The molecule has 0 atom stereocenters. The van der Waals surface area contributed by atoms with E-state index in [1.165, 1.54) is 13.8 Å². The van der Waals surface area contributed by atoms with Gasteiger partial charge in [0.15, 0.2) is 0 Å². The molecule has 3 aromatic carbocycles. The summed E-state index contributed by atoms with van der Waals surface area (Å²) in [6.45, 7) is 2.69. The van der Waals surface area contributed by atoms with Crippen LogP contribution < -0.4 is 9.47 Å². The Hall–Kier alpha value is -2.88. The van der Waals surface area contributed by atoms with Crippen LogP contribution in [-0.2, 0) is 9.59 Å². The van der Waals surface area contributed by atoms with Crippen molar-refractivity contribution in [2.24, 2.45) is 0 Å². The number of benzene rings is 3. The predicted octanol–water partition coefficient (Wildman–Crippen LogP) is 3.84. The van der Waals surface area contributed by atoms with Gasteiger partial charge in [0.1, 0.15) is 11.5 Å². The lowest BCUT2D eigenvalue weighted by molar-refractivity contribution is -0.132. The smallest absolute Gasteiger partial charge is 0.308 e. The summed E-state index contributed by atoms with van der Waals surface area (Å²) >= 11 is 0. The number of carbonyl (C=O) groups excluding carboxylic acids is 2. The van der Waals surface area contributed by atoms with Crippen LogP contribution in [0.3, 0.4) is 0 Å². The molecule has 0 spiro atoms. The van der Waals surface area contributed by atoms with E-state index < -0.39 is 11.9 Å². The van der Waals surface area contributed by atoms with E-state index in [0.29, 0.717) is 16.9 Å². The Bertz CT molecular complexity index is 896. The fourth-order valence-electron chi connectivity index (χ4n) is 2.53. The molecule has 0 radical (unpaired) electrons. The molecule has 3 rings (SSSR count). The molecule has 0 saturated carbocycles. The summed E-state index contributed by atoms with van der Waals surface area (Å²) in [5.74, 6) is -0.0471. The fourth-order valence-corrected chi connectivity index (χ4v) is 2.53. The molecule has 0 saturated heterocycles. The standard InChI is InChI=1S/C18H14O4/c1-11(19)21-16-9-5-7-14-10-13-6-3-4-8-15(13)18(17(14)16)22-12(2)20/h3-10H,1-2H3. The van der Waals surface area contributed by atoms with Gasteiger partial charge in [-0.05, 0) is 22.9 Å². The van der Waals surface area contributed by atoms with Gasteiger partial charge in [-0.25, -0.2) is 0 Å². The van der Waals surface area contributed by atoms with Crippen molar-refractivity contribution in [1.82, 2.24) is 0 Å². The highest BCUT2D eigenvalue weighted by Crippen LogP contribution is 2.40. The van der Waals surface area contributed by atoms with E-state index in [1.807, 2.05) is 36.4 Å². The lowest BCUT2D eigenvalue weighted by atomic mass is 10.0. The number of fused-ring (bicyclic) bond motifs is 2. The van der Waals surface area contributed by atoms with Gasteiger partial charge in [0.25, 0.3) is 0 Å². The first kappa shape index (κ1) is 14.1. The van der Waals surface area contributed by atoms with Gasteiger partial charge in [-0.2, -0.15) is 0 Å². The van der Waals surface area contributed by atoms with Gasteiger partial charge in [0.05, 0.1) is 5.39 Å². The highest BCUT2D eigenvalue weighted by molar-refractivity contribution is 6.09. The van der Waals surface area contributed by atoms with Crippen LogP contribution in [0, 0.1) is 0 Å². The van der Waals surface area contributed by atoms with Gasteiger partial charge < -0.3 is 9.47 Å². The Balaban J connectivity index is 2.42. The van der Waals surface area contributed by atoms with Gasteiger partial charge in [-0.3, -0.25) is 9.59 Å². The van der Waals surface area contributed by atoms with Crippen molar-refractivity contribution in [2.45, 2.75) is 13.8 Å². The number of hydrogen-bond donors (Lipinski definition) is 0. The minimum Gasteiger partial charge on any atom is -0.426 e. The first-order valence-electron chi connectivity index (χ1n) is 6.87. The second-order valence-corrected chi connectivity index (χ2v) is 4.97. The average molecular weight is 294 g/mol. The van der Waals surface area contributed by atoms with Crippen LogP contribution >= 0.6 is 0 Å². The Morgan fingerprint density at radius 3 is 2.23 bits per heavy atom. The molecule has 110 valence electrons. The van der Waals surface area contributed by atoms with Crippen LogP contribution in [0.1, 0.15) is 13.8 Å². The average Bonchev–Trinajstić information content (AvgIpc) is 2.46. The number of ether oxygens (including phenoxy) is 2. The molecule has 4 nitrogen and oxygen atoms in total. The zero-order valence-electron chi connectivity index (χ0n) is 12.3. The van der Waals surface area contributed by atoms with Gasteiger partial charge in [-0.1, -0.05) is 36.4 Å². The zero-order valence-corrected chi connectivity index (χ0v) is 12.3. The molecule has 4 heteroatoms. The quantitative estimate of drug-likeness (QED) is 0.409. The molecule has 0 unspecified atom stereocenters. The van der Waals surface area contributed by atoms with Crippen LogP contribution in [0.4, 0.5) is 0 Å². The van der Waals surface area contributed by atoms with E-state index in [-0.39, 0.29) is 0 Å². The maximum atomic E-state index is 11.5. The molecule has 3 aromatic rings. The van der Waals surface area contributed by atoms with Crippen molar-refractivity contribution in [3.8, 4) is 11.5 Å². The van der Waals surface area contributed by atoms with Crippen LogP contribution in [0.5, 0.6) is 11.5 Å². The first-order chi connectivity index (χ1) is 10.6. The highest BCUT2D eigenvalue weighted by atomic mass is 16.5. The van der Waals surface area contributed by atoms with E-state index in [9.17, 15) is 9.59 Å². The minimum absolute atomic E-state index is 0.381. The van der Waals surface area contributed by atoms with E-state index >= 15 is 0 Å². The number of hydrogen-bond acceptors (Lipinski definition) is 4. The fraction of sp³-hybridized carbons (Fsp3) is 0.111. The topological polar surface area (TPSA) is 52.6 Å². The van der Waals surface area contributed by atoms with Crippen LogP contribution in [0.25, 0.3) is 21.5 Å². The summed E-state index contributed by atoms with van der Waals surface area (Å²) in [6.07, 6.45) is 0. The lowest BCUT2D eigenvalue weighted by Gasteiger charge is -2.13. The monoisotopic (exact) mass is 294 g/mol.